The predicted octanol–water partition coefficient (Wildman–Crippen LogP) is 5.78. The maximum Gasteiger partial charge on any atom is 0.496 e. The fourth-order valence-corrected chi connectivity index (χ4v) is 5.01. The third kappa shape index (κ3) is 2.96. The molecule has 2 aliphatic rings. The maximum absolute atomic E-state index is 15.4. The molecule has 0 saturated carbocycles. The van der Waals surface area contributed by atoms with Crippen molar-refractivity contribution in [3.05, 3.63) is 47.4 Å². The van der Waals surface area contributed by atoms with Gasteiger partial charge in [-0.15, -0.1) is 0 Å². The minimum Gasteiger partial charge on any atom is -0.399 e. The number of benzene rings is 1. The van der Waals surface area contributed by atoms with E-state index in [4.69, 9.17) is 9.31 Å². The zero-order valence-corrected chi connectivity index (χ0v) is 20.6. The molecule has 0 bridgehead atoms. The first-order valence-electron chi connectivity index (χ1n) is 11.2. The van der Waals surface area contributed by atoms with Gasteiger partial charge in [0.15, 0.2) is 0 Å². The highest BCUT2D eigenvalue weighted by atomic mass is 19.1. The number of rotatable bonds is 2. The molecule has 3 nitrogen and oxygen atoms in total. The molecule has 0 unspecified atom stereocenters. The van der Waals surface area contributed by atoms with Gasteiger partial charge in [-0.25, -0.2) is 4.39 Å². The van der Waals surface area contributed by atoms with Crippen molar-refractivity contribution in [3.8, 4) is 11.3 Å². The lowest BCUT2D eigenvalue weighted by Gasteiger charge is -2.44. The lowest BCUT2D eigenvalue weighted by atomic mass is 9.59. The largest absolute Gasteiger partial charge is 0.496 e. The second kappa shape index (κ2) is 6.42. The van der Waals surface area contributed by atoms with Gasteiger partial charge < -0.3 is 9.31 Å². The van der Waals surface area contributed by atoms with Crippen LogP contribution in [-0.2, 0) is 20.1 Å². The van der Waals surface area contributed by atoms with Crippen LogP contribution >= 0.6 is 0 Å². The molecular formula is C26H35BFNO2. The van der Waals surface area contributed by atoms with Crippen LogP contribution in [-0.4, -0.2) is 23.3 Å². The average Bonchev–Trinajstić information content (AvgIpc) is 2.93. The summed E-state index contributed by atoms with van der Waals surface area (Å²) < 4.78 is 27.7. The second-order valence-electron chi connectivity index (χ2n) is 11.8. The minimum atomic E-state index is -0.455. The van der Waals surface area contributed by atoms with Gasteiger partial charge in [-0.05, 0) is 73.3 Å². The topological polar surface area (TPSA) is 31.4 Å². The van der Waals surface area contributed by atoms with Gasteiger partial charge in [0.05, 0.1) is 16.9 Å². The Kier molecular flexibility index (Phi) is 4.65. The molecule has 1 fully saturated rings. The minimum absolute atomic E-state index is 0.0875. The third-order valence-electron chi connectivity index (χ3n) is 9.12. The maximum atomic E-state index is 15.4. The van der Waals surface area contributed by atoms with Gasteiger partial charge in [0.25, 0.3) is 0 Å². The van der Waals surface area contributed by atoms with E-state index in [-0.39, 0.29) is 22.1 Å². The van der Waals surface area contributed by atoms with Crippen LogP contribution in [0, 0.1) is 11.2 Å². The van der Waals surface area contributed by atoms with E-state index in [2.05, 4.69) is 52.6 Å². The van der Waals surface area contributed by atoms with Crippen molar-refractivity contribution >= 4 is 12.6 Å². The molecule has 166 valence electrons. The van der Waals surface area contributed by atoms with Gasteiger partial charge in [-0.2, -0.15) is 0 Å². The van der Waals surface area contributed by atoms with Gasteiger partial charge in [0, 0.05) is 17.2 Å². The Bertz CT molecular complexity index is 1020. The lowest BCUT2D eigenvalue weighted by molar-refractivity contribution is 0.00578. The number of nitrogens with zero attached hydrogens (tertiary/aromatic N) is 1. The highest BCUT2D eigenvalue weighted by Crippen LogP contribution is 2.62. The first kappa shape index (κ1) is 22.5. The highest BCUT2D eigenvalue weighted by Gasteiger charge is 2.58. The Hall–Kier alpha value is -1.72. The number of hydrogen-bond donors (Lipinski definition) is 0. The van der Waals surface area contributed by atoms with Crippen molar-refractivity contribution in [2.45, 2.75) is 91.3 Å². The summed E-state index contributed by atoms with van der Waals surface area (Å²) in [7, 11) is -0.455. The predicted molar refractivity (Wildman–Crippen MR) is 125 cm³/mol. The van der Waals surface area contributed by atoms with E-state index in [1.165, 1.54) is 0 Å². The number of fused-ring (bicyclic) bond motifs is 1. The van der Waals surface area contributed by atoms with Crippen molar-refractivity contribution in [1.29, 1.82) is 0 Å². The van der Waals surface area contributed by atoms with Crippen molar-refractivity contribution < 1.29 is 13.7 Å². The zero-order valence-electron chi connectivity index (χ0n) is 20.6. The number of halogens is 1. The van der Waals surface area contributed by atoms with Crippen molar-refractivity contribution in [1.82, 2.24) is 4.98 Å². The summed E-state index contributed by atoms with van der Waals surface area (Å²) in [6.45, 7) is 21.4. The molecule has 1 aromatic carbocycles. The summed E-state index contributed by atoms with van der Waals surface area (Å²) in [5, 5.41) is 0. The van der Waals surface area contributed by atoms with Crippen LogP contribution in [0.25, 0.3) is 11.3 Å². The Morgan fingerprint density at radius 1 is 0.806 bits per heavy atom. The van der Waals surface area contributed by atoms with Gasteiger partial charge >= 0.3 is 7.12 Å². The molecule has 31 heavy (non-hydrogen) atoms. The summed E-state index contributed by atoms with van der Waals surface area (Å²) in [5.41, 5.74) is 3.03. The molecule has 0 spiro atoms. The van der Waals surface area contributed by atoms with Crippen LogP contribution in [0.15, 0.2) is 30.5 Å². The zero-order chi connectivity index (χ0) is 23.2. The molecule has 1 saturated heterocycles. The molecule has 1 aromatic heterocycles. The molecule has 0 N–H and O–H groups in total. The fraction of sp³-hybridized carbons (Fsp3) is 0.577. The molecule has 4 rings (SSSR count). The van der Waals surface area contributed by atoms with E-state index in [9.17, 15) is 0 Å². The van der Waals surface area contributed by atoms with Crippen LogP contribution < -0.4 is 5.46 Å². The Morgan fingerprint density at radius 2 is 1.39 bits per heavy atom. The Labute approximate surface area is 186 Å². The van der Waals surface area contributed by atoms with Crippen LogP contribution in [0.2, 0.25) is 0 Å². The molecule has 2 aromatic rings. The molecule has 1 aliphatic carbocycles. The van der Waals surface area contributed by atoms with Crippen LogP contribution in [0.3, 0.4) is 0 Å². The van der Waals surface area contributed by atoms with Crippen molar-refractivity contribution in [3.63, 3.8) is 0 Å². The second-order valence-corrected chi connectivity index (χ2v) is 11.8. The normalized spacial score (nSPS) is 24.3. The Morgan fingerprint density at radius 3 is 1.90 bits per heavy atom. The molecule has 0 radical (unpaired) electrons. The lowest BCUT2D eigenvalue weighted by Crippen LogP contribution is -2.42. The number of pyridine rings is 1. The average molecular weight is 423 g/mol. The van der Waals surface area contributed by atoms with Crippen molar-refractivity contribution in [2.75, 3.05) is 0 Å². The quantitative estimate of drug-likeness (QED) is 0.574. The standard InChI is InChI=1S/C26H35BFNO2/c1-22(2)18-13-16(14-19(28)21(18)23(3,4)24(22,5)6)20-12-11-17(15-29-20)27-30-25(7,8)26(9,10)31-27/h11-15H,1-10H3. The molecule has 0 atom stereocenters. The molecule has 1 aliphatic heterocycles. The molecule has 0 amide bonds. The SMILES string of the molecule is CC1(C)OB(c2ccc(-c3cc(F)c4c(c3)C(C)(C)C(C)(C)C4(C)C)nc2)OC1(C)C. The molecule has 2 heterocycles. The van der Waals surface area contributed by atoms with E-state index in [0.717, 1.165) is 27.8 Å². The van der Waals surface area contributed by atoms with Crippen LogP contribution in [0.4, 0.5) is 4.39 Å². The van der Waals surface area contributed by atoms with E-state index in [0.29, 0.717) is 0 Å². The van der Waals surface area contributed by atoms with Crippen LogP contribution in [0.1, 0.15) is 80.4 Å². The fourth-order valence-electron chi connectivity index (χ4n) is 5.01. The smallest absolute Gasteiger partial charge is 0.399 e. The summed E-state index contributed by atoms with van der Waals surface area (Å²) >= 11 is 0. The summed E-state index contributed by atoms with van der Waals surface area (Å²) in [4.78, 5) is 4.65. The number of hydrogen-bond acceptors (Lipinski definition) is 3. The third-order valence-corrected chi connectivity index (χ3v) is 9.12. The first-order chi connectivity index (χ1) is 14.0. The van der Waals surface area contributed by atoms with E-state index in [1.54, 1.807) is 12.3 Å². The summed E-state index contributed by atoms with van der Waals surface area (Å²) in [6, 6.07) is 7.66. The van der Waals surface area contributed by atoms with Crippen LogP contribution in [0.5, 0.6) is 0 Å². The number of aromatic nitrogens is 1. The highest BCUT2D eigenvalue weighted by molar-refractivity contribution is 6.62. The van der Waals surface area contributed by atoms with Crippen molar-refractivity contribution in [2.24, 2.45) is 5.41 Å². The van der Waals surface area contributed by atoms with E-state index >= 15 is 4.39 Å². The summed E-state index contributed by atoms with van der Waals surface area (Å²) in [6.07, 6.45) is 1.78. The van der Waals surface area contributed by atoms with Gasteiger partial charge in [0.2, 0.25) is 0 Å². The van der Waals surface area contributed by atoms with E-state index < -0.39 is 18.3 Å². The Balaban J connectivity index is 1.71. The molecule has 5 heteroatoms. The first-order valence-corrected chi connectivity index (χ1v) is 11.2. The monoisotopic (exact) mass is 423 g/mol. The summed E-state index contributed by atoms with van der Waals surface area (Å²) in [5.74, 6) is -0.145. The van der Waals surface area contributed by atoms with E-state index in [1.807, 2.05) is 39.8 Å². The van der Waals surface area contributed by atoms with Gasteiger partial charge in [-0.1, -0.05) is 47.6 Å². The molecular weight excluding hydrogens is 388 g/mol. The van der Waals surface area contributed by atoms with Gasteiger partial charge in [0.1, 0.15) is 5.82 Å². The van der Waals surface area contributed by atoms with Gasteiger partial charge in [-0.3, -0.25) is 4.98 Å².